The van der Waals surface area contributed by atoms with E-state index in [4.69, 9.17) is 0 Å². The van der Waals surface area contributed by atoms with E-state index in [-0.39, 0.29) is 11.8 Å². The number of aromatic nitrogens is 3. The van der Waals surface area contributed by atoms with Crippen molar-refractivity contribution in [2.24, 2.45) is 0 Å². The van der Waals surface area contributed by atoms with Crippen LogP contribution in [-0.2, 0) is 9.59 Å². The van der Waals surface area contributed by atoms with Crippen LogP contribution < -0.4 is 10.6 Å². The molecule has 24 heavy (non-hydrogen) atoms. The largest absolute Gasteiger partial charge is 0.345 e. The van der Waals surface area contributed by atoms with Crippen LogP contribution in [0.3, 0.4) is 0 Å². The quantitative estimate of drug-likeness (QED) is 0.711. The van der Waals surface area contributed by atoms with Gasteiger partial charge in [0.15, 0.2) is 5.82 Å². The minimum absolute atomic E-state index is 0.221. The van der Waals surface area contributed by atoms with Crippen molar-refractivity contribution < 1.29 is 9.59 Å². The Hall–Kier alpha value is -2.35. The van der Waals surface area contributed by atoms with Crippen molar-refractivity contribution in [3.63, 3.8) is 0 Å². The lowest BCUT2D eigenvalue weighted by molar-refractivity contribution is -0.125. The van der Waals surface area contributed by atoms with Crippen LogP contribution in [0.25, 0.3) is 11.4 Å². The zero-order valence-corrected chi connectivity index (χ0v) is 14.7. The van der Waals surface area contributed by atoms with E-state index in [1.54, 1.807) is 23.9 Å². The van der Waals surface area contributed by atoms with Gasteiger partial charge in [0.1, 0.15) is 11.9 Å². The Bertz CT molecular complexity index is 716. The number of nitrogens with one attached hydrogen (secondary N) is 3. The topological polar surface area (TPSA) is 99.8 Å². The first kappa shape index (κ1) is 18.0. The molecule has 0 aliphatic rings. The molecule has 0 aliphatic carbocycles. The van der Waals surface area contributed by atoms with Crippen LogP contribution in [0.5, 0.6) is 0 Å². The maximum atomic E-state index is 12.4. The molecule has 0 saturated heterocycles. The fourth-order valence-electron chi connectivity index (χ4n) is 2.19. The molecule has 0 bridgehead atoms. The van der Waals surface area contributed by atoms with E-state index in [9.17, 15) is 9.59 Å². The third-order valence-electron chi connectivity index (χ3n) is 3.29. The fourth-order valence-corrected chi connectivity index (χ4v) is 2.66. The summed E-state index contributed by atoms with van der Waals surface area (Å²) >= 11 is 1.63. The van der Waals surface area contributed by atoms with Crippen molar-refractivity contribution in [2.45, 2.75) is 26.3 Å². The Kier molecular flexibility index (Phi) is 6.36. The molecule has 8 heteroatoms. The van der Waals surface area contributed by atoms with Gasteiger partial charge in [0.25, 0.3) is 0 Å². The third-order valence-corrected chi connectivity index (χ3v) is 3.93. The number of thioether (sulfide) groups is 1. The number of hydrogen-bond donors (Lipinski definition) is 3. The maximum absolute atomic E-state index is 12.4. The number of aromatic amines is 1. The molecule has 1 heterocycles. The summed E-state index contributed by atoms with van der Waals surface area (Å²) in [6.07, 6.45) is 2.54. The van der Waals surface area contributed by atoms with E-state index in [1.165, 1.54) is 6.92 Å². The SMILES string of the molecule is CSCC[C@H](NC(C)=O)C(=O)Nc1cccc(-c2n[nH]c(C)n2)c1. The van der Waals surface area contributed by atoms with E-state index < -0.39 is 6.04 Å². The van der Waals surface area contributed by atoms with E-state index in [1.807, 2.05) is 25.3 Å². The number of nitrogens with zero attached hydrogens (tertiary/aromatic N) is 2. The molecule has 2 rings (SSSR count). The summed E-state index contributed by atoms with van der Waals surface area (Å²) in [4.78, 5) is 28.0. The van der Waals surface area contributed by atoms with E-state index in [0.717, 1.165) is 17.1 Å². The first-order valence-electron chi connectivity index (χ1n) is 7.56. The van der Waals surface area contributed by atoms with Crippen LogP contribution in [-0.4, -0.2) is 45.0 Å². The smallest absolute Gasteiger partial charge is 0.246 e. The Morgan fingerprint density at radius 1 is 1.38 bits per heavy atom. The highest BCUT2D eigenvalue weighted by Crippen LogP contribution is 2.19. The molecule has 3 N–H and O–H groups in total. The highest BCUT2D eigenvalue weighted by molar-refractivity contribution is 7.98. The zero-order chi connectivity index (χ0) is 17.5. The van der Waals surface area contributed by atoms with Gasteiger partial charge < -0.3 is 10.6 Å². The Morgan fingerprint density at radius 2 is 2.17 bits per heavy atom. The van der Waals surface area contributed by atoms with Gasteiger partial charge in [-0.2, -0.15) is 16.9 Å². The third kappa shape index (κ3) is 5.09. The van der Waals surface area contributed by atoms with E-state index in [2.05, 4.69) is 25.8 Å². The van der Waals surface area contributed by atoms with Crippen LogP contribution in [0.1, 0.15) is 19.2 Å². The standard InChI is InChI=1S/C16H21N5O2S/c1-10-17-15(21-20-10)12-5-4-6-13(9-12)19-16(23)14(7-8-24-3)18-11(2)22/h4-6,9,14H,7-8H2,1-3H3,(H,18,22)(H,19,23)(H,17,20,21)/t14-/m0/s1. The van der Waals surface area contributed by atoms with Gasteiger partial charge in [-0.15, -0.1) is 0 Å². The molecule has 2 aromatic rings. The molecule has 0 radical (unpaired) electrons. The molecule has 0 saturated carbocycles. The summed E-state index contributed by atoms with van der Waals surface area (Å²) in [6.45, 7) is 3.23. The molecular formula is C16H21N5O2S. The van der Waals surface area contributed by atoms with Crippen LogP contribution in [0.2, 0.25) is 0 Å². The fraction of sp³-hybridized carbons (Fsp3) is 0.375. The number of aryl methyl sites for hydroxylation is 1. The lowest BCUT2D eigenvalue weighted by Gasteiger charge is -2.17. The van der Waals surface area contributed by atoms with Gasteiger partial charge in [0, 0.05) is 18.2 Å². The molecule has 0 fully saturated rings. The van der Waals surface area contributed by atoms with Gasteiger partial charge in [0.2, 0.25) is 11.8 Å². The minimum atomic E-state index is -0.552. The van der Waals surface area contributed by atoms with Crippen molar-refractivity contribution in [3.05, 3.63) is 30.1 Å². The minimum Gasteiger partial charge on any atom is -0.345 e. The Balaban J connectivity index is 2.10. The molecule has 7 nitrogen and oxygen atoms in total. The van der Waals surface area contributed by atoms with Crippen molar-refractivity contribution in [3.8, 4) is 11.4 Å². The average Bonchev–Trinajstić information content (AvgIpc) is 2.98. The molecule has 2 amide bonds. The van der Waals surface area contributed by atoms with Gasteiger partial charge in [-0.25, -0.2) is 4.98 Å². The number of benzene rings is 1. The van der Waals surface area contributed by atoms with Gasteiger partial charge in [-0.05, 0) is 37.5 Å². The predicted octanol–water partition coefficient (Wildman–Crippen LogP) is 1.98. The van der Waals surface area contributed by atoms with Crippen molar-refractivity contribution in [1.29, 1.82) is 0 Å². The molecule has 1 aromatic heterocycles. The van der Waals surface area contributed by atoms with Crippen molar-refractivity contribution in [2.75, 3.05) is 17.3 Å². The summed E-state index contributed by atoms with van der Waals surface area (Å²) in [5, 5.41) is 12.4. The highest BCUT2D eigenvalue weighted by Gasteiger charge is 2.19. The van der Waals surface area contributed by atoms with E-state index >= 15 is 0 Å². The molecule has 1 aromatic carbocycles. The maximum Gasteiger partial charge on any atom is 0.246 e. The summed E-state index contributed by atoms with van der Waals surface area (Å²) in [7, 11) is 0. The van der Waals surface area contributed by atoms with Gasteiger partial charge >= 0.3 is 0 Å². The molecule has 0 aliphatic heterocycles. The number of amides is 2. The average molecular weight is 347 g/mol. The van der Waals surface area contributed by atoms with Gasteiger partial charge in [0.05, 0.1) is 0 Å². The second-order valence-corrected chi connectivity index (χ2v) is 6.33. The molecule has 0 spiro atoms. The first-order valence-corrected chi connectivity index (χ1v) is 8.95. The summed E-state index contributed by atoms with van der Waals surface area (Å²) < 4.78 is 0. The number of rotatable bonds is 7. The molecule has 1 atom stereocenters. The summed E-state index contributed by atoms with van der Waals surface area (Å²) in [5.74, 6) is 1.63. The predicted molar refractivity (Wildman–Crippen MR) is 95.8 cm³/mol. The van der Waals surface area contributed by atoms with Crippen LogP contribution >= 0.6 is 11.8 Å². The second kappa shape index (κ2) is 8.49. The van der Waals surface area contributed by atoms with Crippen LogP contribution in [0.4, 0.5) is 5.69 Å². The monoisotopic (exact) mass is 347 g/mol. The number of carbonyl (C=O) groups excluding carboxylic acids is 2. The van der Waals surface area contributed by atoms with E-state index in [0.29, 0.717) is 17.9 Å². The number of carbonyl (C=O) groups is 2. The van der Waals surface area contributed by atoms with Gasteiger partial charge in [-0.3, -0.25) is 14.7 Å². The van der Waals surface area contributed by atoms with Gasteiger partial charge in [-0.1, -0.05) is 12.1 Å². The Morgan fingerprint density at radius 3 is 2.79 bits per heavy atom. The van der Waals surface area contributed by atoms with Crippen LogP contribution in [0.15, 0.2) is 24.3 Å². The highest BCUT2D eigenvalue weighted by atomic mass is 32.2. The zero-order valence-electron chi connectivity index (χ0n) is 13.9. The second-order valence-electron chi connectivity index (χ2n) is 5.35. The Labute approximate surface area is 145 Å². The van der Waals surface area contributed by atoms with Crippen molar-refractivity contribution >= 4 is 29.3 Å². The first-order chi connectivity index (χ1) is 11.5. The number of hydrogen-bond acceptors (Lipinski definition) is 5. The molecule has 128 valence electrons. The molecular weight excluding hydrogens is 326 g/mol. The molecule has 0 unspecified atom stereocenters. The lowest BCUT2D eigenvalue weighted by atomic mass is 10.1. The summed E-state index contributed by atoms with van der Waals surface area (Å²) in [5.41, 5.74) is 1.44. The number of anilines is 1. The van der Waals surface area contributed by atoms with Crippen LogP contribution in [0, 0.1) is 6.92 Å². The lowest BCUT2D eigenvalue weighted by Crippen LogP contribution is -2.43. The van der Waals surface area contributed by atoms with Crippen molar-refractivity contribution in [1.82, 2.24) is 20.5 Å². The normalized spacial score (nSPS) is 11.8. The number of H-pyrrole nitrogens is 1. The summed E-state index contributed by atoms with van der Waals surface area (Å²) in [6, 6.07) is 6.74.